The summed E-state index contributed by atoms with van der Waals surface area (Å²) < 4.78 is 0. The van der Waals surface area contributed by atoms with Gasteiger partial charge in [0.2, 0.25) is 0 Å². The second-order valence-corrected chi connectivity index (χ2v) is 19.3. The lowest BCUT2D eigenvalue weighted by Crippen LogP contribution is -2.76. The Balaban J connectivity index is 1.55. The highest BCUT2D eigenvalue weighted by Crippen LogP contribution is 2.77. The molecule has 0 fully saturated rings. The molecule has 3 aliphatic rings. The van der Waals surface area contributed by atoms with E-state index in [-0.39, 0.29) is 12.2 Å². The van der Waals surface area contributed by atoms with Crippen molar-refractivity contribution < 1.29 is 4.79 Å². The summed E-state index contributed by atoms with van der Waals surface area (Å²) in [6.45, 7) is 4.35. The van der Waals surface area contributed by atoms with Gasteiger partial charge in [-0.1, -0.05) is 182 Å². The van der Waals surface area contributed by atoms with Gasteiger partial charge in [0, 0.05) is 22.8 Å². The van der Waals surface area contributed by atoms with Crippen molar-refractivity contribution in [3.05, 3.63) is 237 Å². The van der Waals surface area contributed by atoms with Crippen LogP contribution >= 0.6 is 34.9 Å². The Morgan fingerprint density at radius 2 is 0.766 bits per heavy atom. The van der Waals surface area contributed by atoms with Crippen LogP contribution in [0.4, 0.5) is 0 Å². The van der Waals surface area contributed by atoms with Gasteiger partial charge in [0.15, 0.2) is 5.78 Å². The first-order valence-corrected chi connectivity index (χ1v) is 25.0. The van der Waals surface area contributed by atoms with Crippen LogP contribution < -0.4 is 0 Å². The first-order valence-electron chi connectivity index (χ1n) is 21.7. The topological polar surface area (TPSA) is 66.5 Å². The standard InChI is InChI=1S/C56H48N4OS3/c1-39-55(50(62-3)59-57-39,53(42-23-11-5-12-24-42,43-25-13-6-14-26-43)44-27-15-7-16-28-44)52(35-41-37-64-38-48(41)49(61)36-52)56(40(2)58-60-51(56)63-4)54(45-29-17-8-18-30-45,46-31-19-9-20-32-46)47-33-21-10-22-34-47/h5-34,37-38H,35-36H2,1-4H3. The third-order valence-electron chi connectivity index (χ3n) is 14.5. The highest BCUT2D eigenvalue weighted by Gasteiger charge is 2.82. The molecule has 64 heavy (non-hydrogen) atoms. The maximum absolute atomic E-state index is 16.1. The molecule has 0 saturated carbocycles. The zero-order valence-corrected chi connectivity index (χ0v) is 38.8. The molecule has 5 nitrogen and oxygen atoms in total. The monoisotopic (exact) mass is 888 g/mol. The van der Waals surface area contributed by atoms with Gasteiger partial charge >= 0.3 is 0 Å². The van der Waals surface area contributed by atoms with Crippen LogP contribution in [-0.4, -0.2) is 39.8 Å². The van der Waals surface area contributed by atoms with Gasteiger partial charge in [0.05, 0.1) is 33.1 Å². The summed E-state index contributed by atoms with van der Waals surface area (Å²) in [6.07, 6.45) is 4.91. The van der Waals surface area contributed by atoms with Crippen molar-refractivity contribution in [2.24, 2.45) is 36.7 Å². The number of hydrogen-bond donors (Lipinski definition) is 0. The van der Waals surface area contributed by atoms with Crippen LogP contribution in [0.2, 0.25) is 0 Å². The first kappa shape index (κ1) is 42.0. The Labute approximate surface area is 388 Å². The van der Waals surface area contributed by atoms with E-state index in [1.54, 1.807) is 34.9 Å². The SMILES string of the molecule is CSC1=NN=C(C)C1(C(c1ccccc1)(c1ccccc1)c1ccccc1)C1(C2(C(c3ccccc3)(c3ccccc3)c3ccccc3)C(C)=NN=C2SC)CC(=O)c2cscc2C1. The highest BCUT2D eigenvalue weighted by atomic mass is 32.2. The summed E-state index contributed by atoms with van der Waals surface area (Å²) in [4.78, 5) is 16.1. The van der Waals surface area contributed by atoms with Gasteiger partial charge in [-0.2, -0.15) is 21.5 Å². The maximum Gasteiger partial charge on any atom is 0.164 e. The van der Waals surface area contributed by atoms with E-state index in [1.807, 2.05) is 0 Å². The van der Waals surface area contributed by atoms with Crippen molar-refractivity contribution in [2.75, 3.05) is 12.5 Å². The first-order chi connectivity index (χ1) is 31.4. The van der Waals surface area contributed by atoms with E-state index in [2.05, 4.69) is 219 Å². The maximum atomic E-state index is 16.1. The van der Waals surface area contributed by atoms with Gasteiger partial charge in [-0.25, -0.2) is 0 Å². The van der Waals surface area contributed by atoms with Gasteiger partial charge in [0.25, 0.3) is 0 Å². The molecule has 2 atom stereocenters. The molecule has 316 valence electrons. The molecule has 2 aliphatic heterocycles. The van der Waals surface area contributed by atoms with Crippen LogP contribution in [0.15, 0.2) is 213 Å². The molecule has 10 rings (SSSR count). The molecular formula is C56H48N4OS3. The zero-order valence-electron chi connectivity index (χ0n) is 36.3. The number of Topliss-reactive ketones (excluding diaryl/α,β-unsaturated/α-hetero) is 1. The minimum atomic E-state index is -1.19. The minimum Gasteiger partial charge on any atom is -0.294 e. The third-order valence-corrected chi connectivity index (χ3v) is 16.8. The lowest BCUT2D eigenvalue weighted by molar-refractivity contribution is 0.00731. The van der Waals surface area contributed by atoms with Crippen molar-refractivity contribution in [3.63, 3.8) is 0 Å². The fourth-order valence-corrected chi connectivity index (χ4v) is 15.3. The van der Waals surface area contributed by atoms with E-state index < -0.39 is 27.1 Å². The number of carbonyl (C=O) groups is 1. The van der Waals surface area contributed by atoms with E-state index >= 15 is 4.79 Å². The summed E-state index contributed by atoms with van der Waals surface area (Å²) in [5.41, 5.74) is 4.26. The Hall–Kier alpha value is -5.93. The van der Waals surface area contributed by atoms with E-state index in [0.29, 0.717) is 6.42 Å². The molecule has 1 aromatic heterocycles. The Bertz CT molecular complexity index is 2580. The summed E-state index contributed by atoms with van der Waals surface area (Å²) in [7, 11) is 0. The van der Waals surface area contributed by atoms with Crippen LogP contribution in [0.25, 0.3) is 0 Å². The van der Waals surface area contributed by atoms with Gasteiger partial charge in [-0.05, 0) is 77.1 Å². The van der Waals surface area contributed by atoms with Crippen LogP contribution in [0.3, 0.4) is 0 Å². The zero-order chi connectivity index (χ0) is 44.0. The third kappa shape index (κ3) is 5.49. The van der Waals surface area contributed by atoms with E-state index in [0.717, 1.165) is 66.0 Å². The van der Waals surface area contributed by atoms with Crippen molar-refractivity contribution in [1.29, 1.82) is 0 Å². The van der Waals surface area contributed by atoms with Gasteiger partial charge in [-0.3, -0.25) is 4.79 Å². The average Bonchev–Trinajstić information content (AvgIpc) is 4.08. The molecule has 0 spiro atoms. The number of carbonyl (C=O) groups excluding carboxylic acids is 1. The molecule has 2 unspecified atom stereocenters. The van der Waals surface area contributed by atoms with Crippen molar-refractivity contribution in [3.8, 4) is 0 Å². The van der Waals surface area contributed by atoms with Crippen LogP contribution in [0, 0.1) is 16.2 Å². The number of benzene rings is 6. The van der Waals surface area contributed by atoms with Crippen LogP contribution in [-0.2, 0) is 17.3 Å². The number of rotatable bonds is 10. The molecule has 3 heterocycles. The lowest BCUT2D eigenvalue weighted by atomic mass is 9.30. The van der Waals surface area contributed by atoms with E-state index in [1.165, 1.54) is 0 Å². The number of hydrogen-bond acceptors (Lipinski definition) is 8. The molecule has 0 radical (unpaired) electrons. The molecule has 0 amide bonds. The predicted octanol–water partition coefficient (Wildman–Crippen LogP) is 13.2. The Morgan fingerprint density at radius 1 is 0.453 bits per heavy atom. The average molecular weight is 889 g/mol. The van der Waals surface area contributed by atoms with Gasteiger partial charge in [0.1, 0.15) is 10.1 Å². The fraction of sp³-hybridized carbons (Fsp3) is 0.196. The van der Waals surface area contributed by atoms with Crippen LogP contribution in [0.5, 0.6) is 0 Å². The molecule has 7 aromatic rings. The van der Waals surface area contributed by atoms with E-state index in [9.17, 15) is 0 Å². The molecule has 1 aliphatic carbocycles. The summed E-state index contributed by atoms with van der Waals surface area (Å²) in [5, 5.41) is 27.4. The fourth-order valence-electron chi connectivity index (χ4n) is 12.6. The quantitative estimate of drug-likeness (QED) is 0.129. The van der Waals surface area contributed by atoms with Crippen LogP contribution in [0.1, 0.15) is 69.6 Å². The summed E-state index contributed by atoms with van der Waals surface area (Å²) in [6, 6.07) is 65.5. The van der Waals surface area contributed by atoms with E-state index in [4.69, 9.17) is 20.4 Å². The Morgan fingerprint density at radius 3 is 1.06 bits per heavy atom. The van der Waals surface area contributed by atoms with Gasteiger partial charge < -0.3 is 0 Å². The summed E-state index contributed by atoms with van der Waals surface area (Å²) in [5.74, 6) is 0.0905. The molecule has 8 heteroatoms. The van der Waals surface area contributed by atoms with Crippen molar-refractivity contribution >= 4 is 62.2 Å². The number of nitrogens with zero attached hydrogens (tertiary/aromatic N) is 4. The number of thioether (sulfide) groups is 2. The smallest absolute Gasteiger partial charge is 0.164 e. The molecule has 0 bridgehead atoms. The number of thiophene rings is 1. The predicted molar refractivity (Wildman–Crippen MR) is 271 cm³/mol. The second-order valence-electron chi connectivity index (χ2n) is 17.0. The molecule has 0 N–H and O–H groups in total. The lowest BCUT2D eigenvalue weighted by Gasteiger charge is -2.69. The normalized spacial score (nSPS) is 22.0. The largest absolute Gasteiger partial charge is 0.294 e. The molecule has 0 saturated heterocycles. The highest BCUT2D eigenvalue weighted by molar-refractivity contribution is 8.13. The minimum absolute atomic E-state index is 0.0905. The summed E-state index contributed by atoms with van der Waals surface area (Å²) >= 11 is 4.87. The number of ketones is 1. The van der Waals surface area contributed by atoms with Crippen molar-refractivity contribution in [1.82, 2.24) is 0 Å². The molecular weight excluding hydrogens is 841 g/mol. The van der Waals surface area contributed by atoms with Gasteiger partial charge in [-0.15, -0.1) is 33.7 Å². The number of fused-ring (bicyclic) bond motifs is 1. The molecule has 6 aromatic carbocycles. The van der Waals surface area contributed by atoms with Crippen molar-refractivity contribution in [2.45, 2.75) is 37.5 Å². The Kier molecular flexibility index (Phi) is 10.9. The second kappa shape index (κ2) is 16.6.